The molecule has 0 aliphatic carbocycles. The summed E-state index contributed by atoms with van der Waals surface area (Å²) in [5.41, 5.74) is 1.58. The number of ether oxygens (including phenoxy) is 2. The van der Waals surface area contributed by atoms with Gasteiger partial charge in [0.25, 0.3) is 0 Å². The summed E-state index contributed by atoms with van der Waals surface area (Å²) >= 11 is 0. The third kappa shape index (κ3) is 3.22. The molecule has 1 aromatic carbocycles. The first-order valence-electron chi connectivity index (χ1n) is 6.23. The molecule has 0 bridgehead atoms. The van der Waals surface area contributed by atoms with Crippen LogP contribution in [0.1, 0.15) is 24.0 Å². The van der Waals surface area contributed by atoms with Crippen LogP contribution in [0.3, 0.4) is 0 Å². The predicted octanol–water partition coefficient (Wildman–Crippen LogP) is 1.84. The van der Waals surface area contributed by atoms with Crippen molar-refractivity contribution in [2.24, 2.45) is 0 Å². The second-order valence-electron chi connectivity index (χ2n) is 4.41. The molecule has 2 rings (SSSR count). The van der Waals surface area contributed by atoms with Crippen molar-refractivity contribution in [1.29, 1.82) is 5.26 Å². The van der Waals surface area contributed by atoms with Crippen LogP contribution in [0.4, 0.5) is 0 Å². The zero-order valence-electron chi connectivity index (χ0n) is 10.6. The molecule has 18 heavy (non-hydrogen) atoms. The average Bonchev–Trinajstić information content (AvgIpc) is 2.45. The SMILES string of the molecule is COc1ccc(COC2CCNCC2)cc1C#N. The van der Waals surface area contributed by atoms with Gasteiger partial charge in [-0.2, -0.15) is 5.26 Å². The van der Waals surface area contributed by atoms with Gasteiger partial charge in [0.15, 0.2) is 0 Å². The number of nitriles is 1. The lowest BCUT2D eigenvalue weighted by Crippen LogP contribution is -2.32. The van der Waals surface area contributed by atoms with Gasteiger partial charge in [0.1, 0.15) is 11.8 Å². The highest BCUT2D eigenvalue weighted by molar-refractivity contribution is 5.45. The molecule has 4 nitrogen and oxygen atoms in total. The van der Waals surface area contributed by atoms with E-state index >= 15 is 0 Å². The number of piperidine rings is 1. The van der Waals surface area contributed by atoms with Crippen molar-refractivity contribution < 1.29 is 9.47 Å². The minimum Gasteiger partial charge on any atom is -0.495 e. The van der Waals surface area contributed by atoms with Gasteiger partial charge < -0.3 is 14.8 Å². The summed E-state index contributed by atoms with van der Waals surface area (Å²) in [6, 6.07) is 7.73. The molecular weight excluding hydrogens is 228 g/mol. The second-order valence-corrected chi connectivity index (χ2v) is 4.41. The molecule has 0 radical (unpaired) electrons. The minimum atomic E-state index is 0.332. The molecule has 1 aliphatic rings. The molecule has 0 atom stereocenters. The van der Waals surface area contributed by atoms with Gasteiger partial charge in [0.2, 0.25) is 0 Å². The van der Waals surface area contributed by atoms with Crippen molar-refractivity contribution in [2.45, 2.75) is 25.6 Å². The maximum absolute atomic E-state index is 9.01. The normalized spacial score (nSPS) is 16.2. The summed E-state index contributed by atoms with van der Waals surface area (Å²) in [6.07, 6.45) is 2.45. The van der Waals surface area contributed by atoms with Crippen molar-refractivity contribution in [2.75, 3.05) is 20.2 Å². The molecule has 1 aromatic rings. The highest BCUT2D eigenvalue weighted by Crippen LogP contribution is 2.20. The van der Waals surface area contributed by atoms with Gasteiger partial charge >= 0.3 is 0 Å². The number of hydrogen-bond donors (Lipinski definition) is 1. The van der Waals surface area contributed by atoms with Gasteiger partial charge in [-0.25, -0.2) is 0 Å². The average molecular weight is 246 g/mol. The van der Waals surface area contributed by atoms with Crippen LogP contribution < -0.4 is 10.1 Å². The Labute approximate surface area is 108 Å². The molecule has 96 valence electrons. The molecule has 0 saturated carbocycles. The Bertz CT molecular complexity index is 434. The molecule has 1 saturated heterocycles. The fourth-order valence-corrected chi connectivity index (χ4v) is 2.11. The van der Waals surface area contributed by atoms with Crippen LogP contribution in [0, 0.1) is 11.3 Å². The van der Waals surface area contributed by atoms with Crippen LogP contribution in [0.2, 0.25) is 0 Å². The third-order valence-corrected chi connectivity index (χ3v) is 3.16. The standard InChI is InChI=1S/C14H18N2O2/c1-17-14-3-2-11(8-12(14)9-15)10-18-13-4-6-16-7-5-13/h2-3,8,13,16H,4-7,10H2,1H3. The zero-order valence-corrected chi connectivity index (χ0v) is 10.6. The third-order valence-electron chi connectivity index (χ3n) is 3.16. The molecule has 1 fully saturated rings. The Balaban J connectivity index is 1.95. The lowest BCUT2D eigenvalue weighted by atomic mass is 10.1. The summed E-state index contributed by atoms with van der Waals surface area (Å²) in [5, 5.41) is 12.3. The molecule has 1 N–H and O–H groups in total. The molecule has 1 aliphatic heterocycles. The Hall–Kier alpha value is -1.57. The van der Waals surface area contributed by atoms with Crippen LogP contribution in [0.25, 0.3) is 0 Å². The molecule has 4 heteroatoms. The van der Waals surface area contributed by atoms with Gasteiger partial charge in [0.05, 0.1) is 25.4 Å². The van der Waals surface area contributed by atoms with Gasteiger partial charge in [-0.05, 0) is 43.6 Å². The van der Waals surface area contributed by atoms with Gasteiger partial charge in [-0.3, -0.25) is 0 Å². The van der Waals surface area contributed by atoms with Crippen molar-refractivity contribution >= 4 is 0 Å². The fraction of sp³-hybridized carbons (Fsp3) is 0.500. The van der Waals surface area contributed by atoms with Crippen LogP contribution >= 0.6 is 0 Å². The maximum Gasteiger partial charge on any atom is 0.136 e. The topological polar surface area (TPSA) is 54.3 Å². The van der Waals surface area contributed by atoms with E-state index in [1.54, 1.807) is 7.11 Å². The summed E-state index contributed by atoms with van der Waals surface area (Å²) < 4.78 is 11.0. The van der Waals surface area contributed by atoms with Crippen molar-refractivity contribution in [1.82, 2.24) is 5.32 Å². The first-order chi connectivity index (χ1) is 8.83. The second kappa shape index (κ2) is 6.39. The van der Waals surface area contributed by atoms with Crippen LogP contribution in [-0.4, -0.2) is 26.3 Å². The van der Waals surface area contributed by atoms with Crippen LogP contribution in [0.15, 0.2) is 18.2 Å². The minimum absolute atomic E-state index is 0.332. The van der Waals surface area contributed by atoms with Crippen LogP contribution in [0.5, 0.6) is 5.75 Å². The molecule has 0 unspecified atom stereocenters. The van der Waals surface area contributed by atoms with Gasteiger partial charge in [-0.1, -0.05) is 6.07 Å². The van der Waals surface area contributed by atoms with E-state index in [-0.39, 0.29) is 0 Å². The van der Waals surface area contributed by atoms with E-state index < -0.39 is 0 Å². The highest BCUT2D eigenvalue weighted by atomic mass is 16.5. The summed E-state index contributed by atoms with van der Waals surface area (Å²) in [6.45, 7) is 2.61. The Kier molecular flexibility index (Phi) is 4.57. The summed E-state index contributed by atoms with van der Waals surface area (Å²) in [5.74, 6) is 0.614. The molecule has 0 amide bonds. The Morgan fingerprint density at radius 3 is 2.83 bits per heavy atom. The molecule has 0 spiro atoms. The number of hydrogen-bond acceptors (Lipinski definition) is 4. The Morgan fingerprint density at radius 2 is 2.17 bits per heavy atom. The number of nitrogens with zero attached hydrogens (tertiary/aromatic N) is 1. The number of rotatable bonds is 4. The molecular formula is C14H18N2O2. The van der Waals surface area contributed by atoms with Crippen molar-refractivity contribution in [3.63, 3.8) is 0 Å². The number of methoxy groups -OCH3 is 1. The summed E-state index contributed by atoms with van der Waals surface area (Å²) in [7, 11) is 1.57. The van der Waals surface area contributed by atoms with Gasteiger partial charge in [-0.15, -0.1) is 0 Å². The van der Waals surface area contributed by atoms with Gasteiger partial charge in [0, 0.05) is 0 Å². The fourth-order valence-electron chi connectivity index (χ4n) is 2.11. The molecule has 1 heterocycles. The van der Waals surface area contributed by atoms with Crippen molar-refractivity contribution in [3.8, 4) is 11.8 Å². The summed E-state index contributed by atoms with van der Waals surface area (Å²) in [4.78, 5) is 0. The van der Waals surface area contributed by atoms with E-state index in [2.05, 4.69) is 11.4 Å². The van der Waals surface area contributed by atoms with Crippen LogP contribution in [-0.2, 0) is 11.3 Å². The first kappa shape index (κ1) is 12.9. The predicted molar refractivity (Wildman–Crippen MR) is 68.4 cm³/mol. The molecule has 0 aromatic heterocycles. The van der Waals surface area contributed by atoms with E-state index in [4.69, 9.17) is 14.7 Å². The van der Waals surface area contributed by atoms with E-state index in [0.29, 0.717) is 24.0 Å². The smallest absolute Gasteiger partial charge is 0.136 e. The van der Waals surface area contributed by atoms with E-state index in [9.17, 15) is 0 Å². The highest BCUT2D eigenvalue weighted by Gasteiger charge is 2.13. The quantitative estimate of drug-likeness (QED) is 0.880. The van der Waals surface area contributed by atoms with E-state index in [1.165, 1.54) is 0 Å². The lowest BCUT2D eigenvalue weighted by molar-refractivity contribution is 0.0212. The lowest BCUT2D eigenvalue weighted by Gasteiger charge is -2.23. The Morgan fingerprint density at radius 1 is 1.39 bits per heavy atom. The maximum atomic E-state index is 9.01. The van der Waals surface area contributed by atoms with E-state index in [1.807, 2.05) is 18.2 Å². The number of nitrogens with one attached hydrogen (secondary N) is 1. The zero-order chi connectivity index (χ0) is 12.8. The van der Waals surface area contributed by atoms with E-state index in [0.717, 1.165) is 31.5 Å². The largest absolute Gasteiger partial charge is 0.495 e. The first-order valence-corrected chi connectivity index (χ1v) is 6.23. The number of benzene rings is 1. The monoisotopic (exact) mass is 246 g/mol. The van der Waals surface area contributed by atoms with Crippen molar-refractivity contribution in [3.05, 3.63) is 29.3 Å².